The quantitative estimate of drug-likeness (QED) is 0.242. The van der Waals surface area contributed by atoms with Gasteiger partial charge in [0, 0.05) is 19.0 Å². The van der Waals surface area contributed by atoms with Gasteiger partial charge in [0.25, 0.3) is 5.91 Å². The minimum Gasteiger partial charge on any atom is -0.465 e. The van der Waals surface area contributed by atoms with E-state index in [1.54, 1.807) is 32.5 Å². The Labute approximate surface area is 244 Å². The minimum atomic E-state index is -1.17. The molecule has 2 heterocycles. The lowest BCUT2D eigenvalue weighted by atomic mass is 9.94. The number of benzene rings is 1. The lowest BCUT2D eigenvalue weighted by Gasteiger charge is -2.19. The molecule has 0 aliphatic heterocycles. The molecule has 3 atom stereocenters. The van der Waals surface area contributed by atoms with E-state index in [2.05, 4.69) is 26.0 Å². The zero-order valence-electron chi connectivity index (χ0n) is 23.4. The van der Waals surface area contributed by atoms with E-state index < -0.39 is 53.0 Å². The minimum absolute atomic E-state index is 0.0858. The number of thiazole rings is 1. The van der Waals surface area contributed by atoms with Crippen LogP contribution in [-0.4, -0.2) is 60.8 Å². The number of carbonyl (C=O) groups is 3. The van der Waals surface area contributed by atoms with Gasteiger partial charge in [0.2, 0.25) is 0 Å². The summed E-state index contributed by atoms with van der Waals surface area (Å²) in [5.74, 6) is -2.84. The topological polar surface area (TPSA) is 168 Å². The van der Waals surface area contributed by atoms with E-state index in [0.29, 0.717) is 42.0 Å². The Hall–Kier alpha value is -4.11. The number of nitrogens with zero attached hydrogens (tertiary/aromatic N) is 3. The zero-order chi connectivity index (χ0) is 30.8. The number of nitrogens with one attached hydrogen (secondary N) is 3. The molecule has 0 spiro atoms. The normalized spacial score (nSPS) is 19.1. The van der Waals surface area contributed by atoms with E-state index in [-0.39, 0.29) is 28.0 Å². The summed E-state index contributed by atoms with van der Waals surface area (Å²) in [4.78, 5) is 41.4. The third-order valence-corrected chi connectivity index (χ3v) is 7.55. The van der Waals surface area contributed by atoms with Crippen molar-refractivity contribution in [3.05, 3.63) is 47.4 Å². The molecule has 1 aromatic carbocycles. The summed E-state index contributed by atoms with van der Waals surface area (Å²) in [5.41, 5.74) is -0.711. The summed E-state index contributed by atoms with van der Waals surface area (Å²) in [6, 6.07) is 2.88. The molecule has 1 aliphatic rings. The molecule has 3 aromatic rings. The van der Waals surface area contributed by atoms with Crippen molar-refractivity contribution in [2.75, 3.05) is 10.6 Å². The molecule has 2 aromatic heterocycles. The Morgan fingerprint density at radius 3 is 2.45 bits per heavy atom. The maximum Gasteiger partial charge on any atom is 0.412 e. The number of hydrogen-bond acceptors (Lipinski definition) is 8. The van der Waals surface area contributed by atoms with E-state index >= 15 is 0 Å². The van der Waals surface area contributed by atoms with Crippen LogP contribution in [0.2, 0.25) is 0 Å². The van der Waals surface area contributed by atoms with Gasteiger partial charge in [-0.25, -0.2) is 23.4 Å². The number of aliphatic hydroxyl groups is 1. The molecule has 1 saturated carbocycles. The second kappa shape index (κ2) is 12.4. The molecule has 0 radical (unpaired) electrons. The average Bonchev–Trinajstić information content (AvgIpc) is 3.37. The molecule has 0 bridgehead atoms. The number of aromatic nitrogens is 3. The van der Waals surface area contributed by atoms with E-state index in [4.69, 9.17) is 9.84 Å². The summed E-state index contributed by atoms with van der Waals surface area (Å²) in [6.07, 6.45) is 0.0722. The van der Waals surface area contributed by atoms with Gasteiger partial charge in [0.05, 0.1) is 29.2 Å². The number of carbonyl (C=O) groups excluding carboxylic acids is 2. The summed E-state index contributed by atoms with van der Waals surface area (Å²) < 4.78 is 36.0. The van der Waals surface area contributed by atoms with E-state index in [9.17, 15) is 28.3 Å². The Kier molecular flexibility index (Phi) is 9.11. The molecule has 4 rings (SSSR count). The van der Waals surface area contributed by atoms with Crippen molar-refractivity contribution in [1.82, 2.24) is 20.1 Å². The molecular weight excluding hydrogens is 574 g/mol. The van der Waals surface area contributed by atoms with Crippen molar-refractivity contribution in [2.45, 2.75) is 70.1 Å². The average molecular weight is 607 g/mol. The molecule has 12 nitrogen and oxygen atoms in total. The van der Waals surface area contributed by atoms with Gasteiger partial charge in [-0.1, -0.05) is 17.4 Å². The maximum atomic E-state index is 14.6. The molecule has 5 N–H and O–H groups in total. The number of ether oxygens (including phenoxy) is 1. The SMILES string of the molecule is Cn1ncc(NC(=O)c2nc(-c3c(F)cccc3F)sc2NC(=O)OC(C)(C)C)c1C1CCC(NC(=O)O)CC(O)C1. The largest absolute Gasteiger partial charge is 0.465 e. The van der Waals surface area contributed by atoms with Gasteiger partial charge >= 0.3 is 12.2 Å². The van der Waals surface area contributed by atoms with Crippen molar-refractivity contribution >= 4 is 40.1 Å². The molecule has 42 heavy (non-hydrogen) atoms. The summed E-state index contributed by atoms with van der Waals surface area (Å²) in [6.45, 7) is 4.96. The second-order valence-corrected chi connectivity index (χ2v) is 12.0. The van der Waals surface area contributed by atoms with E-state index in [1.165, 1.54) is 12.3 Å². The van der Waals surface area contributed by atoms with Gasteiger partial charge in [-0.05, 0) is 58.6 Å². The first kappa shape index (κ1) is 30.8. The highest BCUT2D eigenvalue weighted by Crippen LogP contribution is 2.38. The van der Waals surface area contributed by atoms with Crippen LogP contribution in [0.4, 0.5) is 29.1 Å². The first-order valence-corrected chi connectivity index (χ1v) is 14.0. The van der Waals surface area contributed by atoms with Crippen molar-refractivity contribution in [3.63, 3.8) is 0 Å². The number of hydrogen-bond donors (Lipinski definition) is 5. The highest BCUT2D eigenvalue weighted by Gasteiger charge is 2.31. The number of rotatable bonds is 6. The number of amides is 3. The molecule has 226 valence electrons. The van der Waals surface area contributed by atoms with Gasteiger partial charge in [-0.15, -0.1) is 0 Å². The van der Waals surface area contributed by atoms with Crippen LogP contribution >= 0.6 is 11.3 Å². The van der Waals surface area contributed by atoms with Crippen LogP contribution in [0.25, 0.3) is 10.6 Å². The third kappa shape index (κ3) is 7.39. The molecule has 3 unspecified atom stereocenters. The van der Waals surface area contributed by atoms with Crippen LogP contribution in [-0.2, 0) is 11.8 Å². The van der Waals surface area contributed by atoms with Crippen LogP contribution in [0, 0.1) is 11.6 Å². The first-order chi connectivity index (χ1) is 19.7. The van der Waals surface area contributed by atoms with Crippen molar-refractivity contribution < 1.29 is 38.1 Å². The van der Waals surface area contributed by atoms with Crippen LogP contribution in [0.5, 0.6) is 0 Å². The lowest BCUT2D eigenvalue weighted by Crippen LogP contribution is -2.35. The monoisotopic (exact) mass is 606 g/mol. The maximum absolute atomic E-state index is 14.6. The van der Waals surface area contributed by atoms with Crippen LogP contribution in [0.3, 0.4) is 0 Å². The fourth-order valence-electron chi connectivity index (χ4n) is 4.92. The summed E-state index contributed by atoms with van der Waals surface area (Å²) in [5, 5.41) is 31.3. The predicted octanol–water partition coefficient (Wildman–Crippen LogP) is 5.08. The smallest absolute Gasteiger partial charge is 0.412 e. The Morgan fingerprint density at radius 2 is 1.81 bits per heavy atom. The number of aliphatic hydroxyl groups excluding tert-OH is 1. The molecule has 0 saturated heterocycles. The summed E-state index contributed by atoms with van der Waals surface area (Å²) >= 11 is 0.707. The van der Waals surface area contributed by atoms with Gasteiger partial charge in [-0.3, -0.25) is 14.8 Å². The number of halogens is 2. The Bertz CT molecular complexity index is 1470. The molecular formula is C27H32F2N6O6S. The Morgan fingerprint density at radius 1 is 1.12 bits per heavy atom. The fraction of sp³-hybridized carbons (Fsp3) is 0.444. The first-order valence-electron chi connectivity index (χ1n) is 13.2. The molecule has 1 aliphatic carbocycles. The van der Waals surface area contributed by atoms with Gasteiger partial charge in [0.15, 0.2) is 5.69 Å². The number of anilines is 2. The van der Waals surface area contributed by atoms with Crippen molar-refractivity contribution in [1.29, 1.82) is 0 Å². The van der Waals surface area contributed by atoms with Gasteiger partial charge < -0.3 is 25.6 Å². The molecule has 15 heteroatoms. The second-order valence-electron chi connectivity index (χ2n) is 11.0. The van der Waals surface area contributed by atoms with Crippen LogP contribution in [0.15, 0.2) is 24.4 Å². The van der Waals surface area contributed by atoms with Crippen molar-refractivity contribution in [2.24, 2.45) is 7.05 Å². The zero-order valence-corrected chi connectivity index (χ0v) is 24.2. The van der Waals surface area contributed by atoms with E-state index in [0.717, 1.165) is 12.1 Å². The van der Waals surface area contributed by atoms with Crippen molar-refractivity contribution in [3.8, 4) is 10.6 Å². The third-order valence-electron chi connectivity index (χ3n) is 6.56. The predicted molar refractivity (Wildman–Crippen MR) is 151 cm³/mol. The Balaban J connectivity index is 1.65. The number of carboxylic acid groups (broad SMARTS) is 1. The number of aryl methyl sites for hydroxylation is 1. The standard InChI is InChI=1S/C27H32F2N6O6S/c1-27(2,3)41-26(40)34-24-20(33-23(42-24)19-16(28)6-5-7-17(19)29)22(37)32-18-12-30-35(4)21(18)13-8-9-14(31-25(38)39)11-15(36)10-13/h5-7,12-15,31,36H,8-11H2,1-4H3,(H,32,37)(H,34,40)(H,38,39). The van der Waals surface area contributed by atoms with E-state index in [1.807, 2.05) is 0 Å². The van der Waals surface area contributed by atoms with Crippen LogP contribution < -0.4 is 16.0 Å². The highest BCUT2D eigenvalue weighted by atomic mass is 32.1. The van der Waals surface area contributed by atoms with Gasteiger partial charge in [0.1, 0.15) is 27.2 Å². The van der Waals surface area contributed by atoms with Gasteiger partial charge in [-0.2, -0.15) is 5.10 Å². The molecule has 3 amide bonds. The molecule has 1 fully saturated rings. The summed E-state index contributed by atoms with van der Waals surface area (Å²) in [7, 11) is 1.67. The van der Waals surface area contributed by atoms with Crippen LogP contribution in [0.1, 0.15) is 68.6 Å². The fourth-order valence-corrected chi connectivity index (χ4v) is 5.92. The lowest BCUT2D eigenvalue weighted by molar-refractivity contribution is 0.0636. The highest BCUT2D eigenvalue weighted by molar-refractivity contribution is 7.19.